The van der Waals surface area contributed by atoms with Crippen LogP contribution in [0.25, 0.3) is 0 Å². The zero-order valence-corrected chi connectivity index (χ0v) is 19.3. The van der Waals surface area contributed by atoms with Crippen molar-refractivity contribution >= 4 is 21.8 Å². The first kappa shape index (κ1) is 25.3. The molecule has 1 aromatic rings. The molecule has 1 unspecified atom stereocenters. The number of amides is 2. The van der Waals surface area contributed by atoms with Crippen LogP contribution in [0.3, 0.4) is 0 Å². The number of hydrogen-bond donors (Lipinski definition) is 2. The molecule has 1 heterocycles. The SMILES string of the molecule is CC(C)OCCCNC(=O)C1CCCN(S(=O)(=O)c2ccccc2)CCC(=O)NCC1. The minimum absolute atomic E-state index is 0.0597. The van der Waals surface area contributed by atoms with Crippen LogP contribution in [0.5, 0.6) is 0 Å². The van der Waals surface area contributed by atoms with Gasteiger partial charge >= 0.3 is 0 Å². The van der Waals surface area contributed by atoms with Crippen LogP contribution in [0.1, 0.15) is 46.0 Å². The molecule has 0 bridgehead atoms. The summed E-state index contributed by atoms with van der Waals surface area (Å²) < 4.78 is 32.9. The molecule has 174 valence electrons. The van der Waals surface area contributed by atoms with E-state index in [1.54, 1.807) is 30.3 Å². The molecule has 0 aliphatic carbocycles. The number of nitrogens with zero attached hydrogens (tertiary/aromatic N) is 1. The quantitative estimate of drug-likeness (QED) is 0.585. The fraction of sp³-hybridized carbons (Fsp3) is 0.636. The van der Waals surface area contributed by atoms with Gasteiger partial charge in [-0.1, -0.05) is 18.2 Å². The predicted octanol–water partition coefficient (Wildman–Crippen LogP) is 1.91. The molecule has 0 radical (unpaired) electrons. The summed E-state index contributed by atoms with van der Waals surface area (Å²) in [4.78, 5) is 25.0. The number of benzene rings is 1. The summed E-state index contributed by atoms with van der Waals surface area (Å²) in [7, 11) is -3.69. The Balaban J connectivity index is 1.97. The van der Waals surface area contributed by atoms with Crippen molar-refractivity contribution in [3.8, 4) is 0 Å². The largest absolute Gasteiger partial charge is 0.379 e. The third kappa shape index (κ3) is 8.59. The molecule has 0 aromatic heterocycles. The molecular formula is C22H35N3O5S. The van der Waals surface area contributed by atoms with E-state index in [0.717, 1.165) is 6.42 Å². The molecule has 0 saturated carbocycles. The van der Waals surface area contributed by atoms with E-state index in [0.29, 0.717) is 39.0 Å². The highest BCUT2D eigenvalue weighted by Crippen LogP contribution is 2.19. The Labute approximate surface area is 185 Å². The molecule has 2 N–H and O–H groups in total. The van der Waals surface area contributed by atoms with Crippen LogP contribution in [0, 0.1) is 5.92 Å². The van der Waals surface area contributed by atoms with Gasteiger partial charge in [0.1, 0.15) is 0 Å². The predicted molar refractivity (Wildman–Crippen MR) is 119 cm³/mol. The summed E-state index contributed by atoms with van der Waals surface area (Å²) in [5.41, 5.74) is 0. The van der Waals surface area contributed by atoms with Gasteiger partial charge in [0.05, 0.1) is 11.0 Å². The second-order valence-electron chi connectivity index (χ2n) is 8.01. The van der Waals surface area contributed by atoms with Crippen LogP contribution >= 0.6 is 0 Å². The highest BCUT2D eigenvalue weighted by Gasteiger charge is 2.26. The Hall–Kier alpha value is -1.97. The lowest BCUT2D eigenvalue weighted by Gasteiger charge is -2.22. The summed E-state index contributed by atoms with van der Waals surface area (Å²) in [5.74, 6) is -0.540. The van der Waals surface area contributed by atoms with Gasteiger partial charge in [-0.3, -0.25) is 9.59 Å². The van der Waals surface area contributed by atoms with Crippen molar-refractivity contribution in [2.24, 2.45) is 5.92 Å². The number of ether oxygens (including phenoxy) is 1. The minimum Gasteiger partial charge on any atom is -0.379 e. The number of nitrogens with one attached hydrogen (secondary N) is 2. The van der Waals surface area contributed by atoms with Gasteiger partial charge in [-0.2, -0.15) is 4.31 Å². The molecule has 31 heavy (non-hydrogen) atoms. The Bertz CT molecular complexity index is 799. The lowest BCUT2D eigenvalue weighted by Crippen LogP contribution is -2.35. The van der Waals surface area contributed by atoms with E-state index < -0.39 is 10.0 Å². The maximum atomic E-state index is 13.0. The molecule has 0 spiro atoms. The monoisotopic (exact) mass is 453 g/mol. The molecule has 2 amide bonds. The van der Waals surface area contributed by atoms with Crippen molar-refractivity contribution in [3.63, 3.8) is 0 Å². The first-order chi connectivity index (χ1) is 14.8. The standard InChI is InChI=1S/C22H35N3O5S/c1-18(2)30-17-7-13-24-22(27)19-8-6-15-25(16-12-21(26)23-14-11-19)31(28,29)20-9-4-3-5-10-20/h3-5,9-10,18-19H,6-8,11-17H2,1-2H3,(H,23,26)(H,24,27). The van der Waals surface area contributed by atoms with Gasteiger partial charge in [0.2, 0.25) is 21.8 Å². The Kier molecular flexibility index (Phi) is 10.4. The number of sulfonamides is 1. The molecule has 1 aliphatic heterocycles. The molecule has 1 aromatic carbocycles. The van der Waals surface area contributed by atoms with Gasteiger partial charge in [-0.15, -0.1) is 0 Å². The molecule has 1 saturated heterocycles. The van der Waals surface area contributed by atoms with E-state index in [1.807, 2.05) is 13.8 Å². The summed E-state index contributed by atoms with van der Waals surface area (Å²) in [5, 5.41) is 5.75. The van der Waals surface area contributed by atoms with E-state index in [2.05, 4.69) is 10.6 Å². The lowest BCUT2D eigenvalue weighted by molar-refractivity contribution is -0.126. The van der Waals surface area contributed by atoms with Gasteiger partial charge < -0.3 is 15.4 Å². The van der Waals surface area contributed by atoms with Crippen molar-refractivity contribution in [2.75, 3.05) is 32.8 Å². The van der Waals surface area contributed by atoms with Crippen molar-refractivity contribution in [3.05, 3.63) is 30.3 Å². The van der Waals surface area contributed by atoms with E-state index in [4.69, 9.17) is 4.74 Å². The van der Waals surface area contributed by atoms with E-state index >= 15 is 0 Å². The average Bonchev–Trinajstić information content (AvgIpc) is 2.78. The van der Waals surface area contributed by atoms with Crippen LogP contribution in [0.15, 0.2) is 35.2 Å². The first-order valence-electron chi connectivity index (χ1n) is 11.0. The first-order valence-corrected chi connectivity index (χ1v) is 12.5. The number of hydrogen-bond acceptors (Lipinski definition) is 5. The number of rotatable bonds is 8. The van der Waals surface area contributed by atoms with Gasteiger partial charge in [-0.25, -0.2) is 8.42 Å². The summed E-state index contributed by atoms with van der Waals surface area (Å²) >= 11 is 0. The molecule has 9 heteroatoms. The fourth-order valence-corrected chi connectivity index (χ4v) is 4.96. The summed E-state index contributed by atoms with van der Waals surface area (Å²) in [6.07, 6.45) is 2.64. The maximum absolute atomic E-state index is 13.0. The van der Waals surface area contributed by atoms with Gasteiger partial charge in [0, 0.05) is 45.1 Å². The number of carbonyl (C=O) groups is 2. The van der Waals surface area contributed by atoms with Crippen LogP contribution in [-0.2, 0) is 24.3 Å². The summed E-state index contributed by atoms with van der Waals surface area (Å²) in [6, 6.07) is 8.23. The van der Waals surface area contributed by atoms with E-state index in [-0.39, 0.29) is 48.2 Å². The maximum Gasteiger partial charge on any atom is 0.243 e. The van der Waals surface area contributed by atoms with Gasteiger partial charge in [0.15, 0.2) is 0 Å². The third-order valence-electron chi connectivity index (χ3n) is 5.19. The minimum atomic E-state index is -3.69. The topological polar surface area (TPSA) is 105 Å². The third-order valence-corrected chi connectivity index (χ3v) is 7.10. The van der Waals surface area contributed by atoms with Crippen molar-refractivity contribution in [1.29, 1.82) is 0 Å². The van der Waals surface area contributed by atoms with Crippen LogP contribution in [-0.4, -0.2) is 63.4 Å². The van der Waals surface area contributed by atoms with Crippen molar-refractivity contribution < 1.29 is 22.7 Å². The Morgan fingerprint density at radius 3 is 2.68 bits per heavy atom. The average molecular weight is 454 g/mol. The smallest absolute Gasteiger partial charge is 0.243 e. The van der Waals surface area contributed by atoms with Crippen molar-refractivity contribution in [2.45, 2.75) is 57.0 Å². The zero-order valence-electron chi connectivity index (χ0n) is 18.5. The van der Waals surface area contributed by atoms with E-state index in [9.17, 15) is 18.0 Å². The van der Waals surface area contributed by atoms with Crippen LogP contribution in [0.4, 0.5) is 0 Å². The Morgan fingerprint density at radius 1 is 1.23 bits per heavy atom. The van der Waals surface area contributed by atoms with Gasteiger partial charge in [-0.05, 0) is 51.7 Å². The second-order valence-corrected chi connectivity index (χ2v) is 9.95. The van der Waals surface area contributed by atoms with Crippen LogP contribution in [0.2, 0.25) is 0 Å². The molecular weight excluding hydrogens is 418 g/mol. The van der Waals surface area contributed by atoms with Crippen LogP contribution < -0.4 is 10.6 Å². The zero-order chi connectivity index (χ0) is 22.7. The van der Waals surface area contributed by atoms with Gasteiger partial charge in [0.25, 0.3) is 0 Å². The summed E-state index contributed by atoms with van der Waals surface area (Å²) in [6.45, 7) is 5.85. The molecule has 2 rings (SSSR count). The highest BCUT2D eigenvalue weighted by molar-refractivity contribution is 7.89. The van der Waals surface area contributed by atoms with Crippen molar-refractivity contribution in [1.82, 2.24) is 14.9 Å². The lowest BCUT2D eigenvalue weighted by atomic mass is 9.98. The molecule has 1 aliphatic rings. The molecule has 1 fully saturated rings. The molecule has 8 nitrogen and oxygen atoms in total. The second kappa shape index (κ2) is 12.8. The number of carbonyl (C=O) groups excluding carboxylic acids is 2. The molecule has 1 atom stereocenters. The fourth-order valence-electron chi connectivity index (χ4n) is 3.46. The van der Waals surface area contributed by atoms with E-state index in [1.165, 1.54) is 4.31 Å². The highest BCUT2D eigenvalue weighted by atomic mass is 32.2. The normalized spacial score (nSPS) is 19.5. The Morgan fingerprint density at radius 2 is 1.97 bits per heavy atom.